The number of carbonyl (C=O) groups excluding carboxylic acids is 2. The molecule has 0 atom stereocenters. The van der Waals surface area contributed by atoms with Crippen LogP contribution >= 0.6 is 0 Å². The lowest BCUT2D eigenvalue weighted by molar-refractivity contribution is -0.384. The van der Waals surface area contributed by atoms with E-state index < -0.39 is 16.7 Å². The Morgan fingerprint density at radius 2 is 1.65 bits per heavy atom. The Kier molecular flexibility index (Phi) is 6.26. The molecule has 0 unspecified atom stereocenters. The number of phenols is 1. The van der Waals surface area contributed by atoms with Crippen LogP contribution in [0, 0.1) is 10.1 Å². The van der Waals surface area contributed by atoms with E-state index in [1.165, 1.54) is 36.5 Å². The Morgan fingerprint density at radius 1 is 0.882 bits per heavy atom. The van der Waals surface area contributed by atoms with Gasteiger partial charge in [-0.2, -0.15) is 5.10 Å². The Bertz CT molecular complexity index is 1430. The highest BCUT2D eigenvalue weighted by atomic mass is 16.6. The minimum atomic E-state index is -0.548. The van der Waals surface area contributed by atoms with Gasteiger partial charge in [-0.3, -0.25) is 19.7 Å². The molecule has 4 rings (SSSR count). The molecule has 0 radical (unpaired) electrons. The van der Waals surface area contributed by atoms with Crippen LogP contribution in [0.2, 0.25) is 0 Å². The molecule has 0 heterocycles. The van der Waals surface area contributed by atoms with Crippen LogP contribution in [0.3, 0.4) is 0 Å². The van der Waals surface area contributed by atoms with E-state index in [4.69, 9.17) is 0 Å². The molecule has 0 aliphatic rings. The van der Waals surface area contributed by atoms with Crippen molar-refractivity contribution in [1.82, 2.24) is 5.43 Å². The summed E-state index contributed by atoms with van der Waals surface area (Å²) in [6.07, 6.45) is 1.37. The van der Waals surface area contributed by atoms with Gasteiger partial charge in [0.05, 0.1) is 11.1 Å². The number of rotatable bonds is 6. The first kappa shape index (κ1) is 22.2. The number of hydrazone groups is 1. The van der Waals surface area contributed by atoms with E-state index in [0.717, 1.165) is 10.8 Å². The van der Waals surface area contributed by atoms with Gasteiger partial charge in [-0.1, -0.05) is 36.4 Å². The number of nitro benzene ring substituents is 1. The first-order valence-electron chi connectivity index (χ1n) is 10.1. The second-order valence-corrected chi connectivity index (χ2v) is 7.26. The van der Waals surface area contributed by atoms with E-state index in [1.54, 1.807) is 30.3 Å². The Balaban J connectivity index is 1.44. The smallest absolute Gasteiger partial charge is 0.271 e. The Hall–Kier alpha value is -5.05. The minimum Gasteiger partial charge on any atom is -0.507 e. The number of anilines is 1. The van der Waals surface area contributed by atoms with E-state index in [1.807, 2.05) is 24.3 Å². The third-order valence-electron chi connectivity index (χ3n) is 5.03. The van der Waals surface area contributed by atoms with Crippen LogP contribution in [-0.2, 0) is 0 Å². The summed E-state index contributed by atoms with van der Waals surface area (Å²) in [5.41, 5.74) is 3.62. The highest BCUT2D eigenvalue weighted by Gasteiger charge is 2.11. The molecule has 0 spiro atoms. The predicted molar refractivity (Wildman–Crippen MR) is 128 cm³/mol. The average molecular weight is 454 g/mol. The minimum absolute atomic E-state index is 0.0349. The van der Waals surface area contributed by atoms with Crippen LogP contribution in [-0.4, -0.2) is 28.1 Å². The number of hydrogen-bond donors (Lipinski definition) is 3. The van der Waals surface area contributed by atoms with Crippen molar-refractivity contribution in [1.29, 1.82) is 0 Å². The molecule has 0 saturated heterocycles. The molecule has 0 aromatic heterocycles. The van der Waals surface area contributed by atoms with Crippen molar-refractivity contribution >= 4 is 40.2 Å². The zero-order valence-corrected chi connectivity index (χ0v) is 17.6. The number of hydrogen-bond acceptors (Lipinski definition) is 6. The lowest BCUT2D eigenvalue weighted by Crippen LogP contribution is -2.18. The van der Waals surface area contributed by atoms with Crippen molar-refractivity contribution in [3.8, 4) is 5.75 Å². The molecule has 2 amide bonds. The maximum atomic E-state index is 12.5. The fraction of sp³-hybridized carbons (Fsp3) is 0. The molecule has 4 aromatic rings. The van der Waals surface area contributed by atoms with Crippen molar-refractivity contribution in [3.05, 3.63) is 112 Å². The van der Waals surface area contributed by atoms with Crippen molar-refractivity contribution in [2.24, 2.45) is 5.10 Å². The largest absolute Gasteiger partial charge is 0.507 e. The number of nitrogens with one attached hydrogen (secondary N) is 2. The van der Waals surface area contributed by atoms with Crippen LogP contribution in [0.25, 0.3) is 10.8 Å². The average Bonchev–Trinajstić information content (AvgIpc) is 2.85. The maximum absolute atomic E-state index is 12.5. The van der Waals surface area contributed by atoms with Crippen LogP contribution < -0.4 is 10.7 Å². The predicted octanol–water partition coefficient (Wildman–Crippen LogP) is 4.47. The summed E-state index contributed by atoms with van der Waals surface area (Å²) in [6, 6.07) is 22.2. The summed E-state index contributed by atoms with van der Waals surface area (Å²) in [6.45, 7) is 0. The van der Waals surface area contributed by atoms with Crippen LogP contribution in [0.5, 0.6) is 5.75 Å². The number of nitrogens with zero attached hydrogens (tertiary/aromatic N) is 2. The number of phenolic OH excluding ortho intramolecular Hbond substituents is 1. The molecule has 34 heavy (non-hydrogen) atoms. The lowest BCUT2D eigenvalue weighted by Gasteiger charge is -2.07. The van der Waals surface area contributed by atoms with Gasteiger partial charge in [-0.15, -0.1) is 0 Å². The topological polar surface area (TPSA) is 134 Å². The molecule has 9 nitrogen and oxygen atoms in total. The van der Waals surface area contributed by atoms with E-state index in [2.05, 4.69) is 15.8 Å². The standard InChI is InChI=1S/C25H18N4O5/c30-23-13-10-16-4-1-2-7-21(16)22(23)15-26-28-25(32)18-5-3-6-19(14-18)27-24(31)17-8-11-20(12-9-17)29(33)34/h1-15,30H,(H,27,31)(H,28,32)/b26-15+. The van der Waals surface area contributed by atoms with Gasteiger partial charge in [-0.25, -0.2) is 5.43 Å². The molecule has 0 aliphatic heterocycles. The third-order valence-corrected chi connectivity index (χ3v) is 5.03. The molecule has 0 bridgehead atoms. The quantitative estimate of drug-likeness (QED) is 0.224. The molecule has 0 fully saturated rings. The summed E-state index contributed by atoms with van der Waals surface area (Å²) >= 11 is 0. The monoisotopic (exact) mass is 454 g/mol. The Morgan fingerprint density at radius 3 is 2.41 bits per heavy atom. The van der Waals surface area contributed by atoms with Crippen molar-refractivity contribution in [2.45, 2.75) is 0 Å². The molecule has 9 heteroatoms. The van der Waals surface area contributed by atoms with Crippen LogP contribution in [0.1, 0.15) is 26.3 Å². The summed E-state index contributed by atoms with van der Waals surface area (Å²) in [5.74, 6) is -0.952. The van der Waals surface area contributed by atoms with Gasteiger partial charge in [0, 0.05) is 34.5 Å². The number of aromatic hydroxyl groups is 1. The van der Waals surface area contributed by atoms with Gasteiger partial charge in [0.2, 0.25) is 0 Å². The van der Waals surface area contributed by atoms with Gasteiger partial charge >= 0.3 is 0 Å². The first-order valence-corrected chi connectivity index (χ1v) is 10.1. The van der Waals surface area contributed by atoms with Gasteiger partial charge in [-0.05, 0) is 47.2 Å². The van der Waals surface area contributed by atoms with Crippen molar-refractivity contribution in [2.75, 3.05) is 5.32 Å². The molecule has 3 N–H and O–H groups in total. The molecular formula is C25H18N4O5. The molecule has 0 aliphatic carbocycles. The van der Waals surface area contributed by atoms with Gasteiger partial charge < -0.3 is 10.4 Å². The number of carbonyl (C=O) groups is 2. The second-order valence-electron chi connectivity index (χ2n) is 7.26. The molecule has 0 saturated carbocycles. The number of fused-ring (bicyclic) bond motifs is 1. The number of non-ortho nitro benzene ring substituents is 1. The van der Waals surface area contributed by atoms with Gasteiger partial charge in [0.1, 0.15) is 5.75 Å². The number of benzene rings is 4. The zero-order valence-electron chi connectivity index (χ0n) is 17.6. The summed E-state index contributed by atoms with van der Waals surface area (Å²) in [5, 5.41) is 29.2. The summed E-state index contributed by atoms with van der Waals surface area (Å²) in [4.78, 5) is 35.1. The highest BCUT2D eigenvalue weighted by Crippen LogP contribution is 2.25. The molecular weight excluding hydrogens is 436 g/mol. The summed E-state index contributed by atoms with van der Waals surface area (Å²) in [7, 11) is 0. The first-order chi connectivity index (χ1) is 16.4. The summed E-state index contributed by atoms with van der Waals surface area (Å²) < 4.78 is 0. The van der Waals surface area contributed by atoms with Crippen LogP contribution in [0.4, 0.5) is 11.4 Å². The SMILES string of the molecule is O=C(N/N=C/c1c(O)ccc2ccccc12)c1cccc(NC(=O)c2ccc([N+](=O)[O-])cc2)c1. The number of amides is 2. The lowest BCUT2D eigenvalue weighted by atomic mass is 10.0. The number of nitro groups is 1. The third kappa shape index (κ3) is 4.89. The fourth-order valence-corrected chi connectivity index (χ4v) is 3.32. The van der Waals surface area contributed by atoms with Crippen molar-refractivity contribution < 1.29 is 19.6 Å². The van der Waals surface area contributed by atoms with Crippen molar-refractivity contribution in [3.63, 3.8) is 0 Å². The van der Waals surface area contributed by atoms with E-state index in [-0.39, 0.29) is 22.6 Å². The molecule has 168 valence electrons. The van der Waals surface area contributed by atoms with E-state index >= 15 is 0 Å². The fourth-order valence-electron chi connectivity index (χ4n) is 3.32. The van der Waals surface area contributed by atoms with Gasteiger partial charge in [0.25, 0.3) is 17.5 Å². The maximum Gasteiger partial charge on any atom is 0.271 e. The Labute approximate surface area is 193 Å². The highest BCUT2D eigenvalue weighted by molar-refractivity contribution is 6.05. The van der Waals surface area contributed by atoms with Crippen LogP contribution in [0.15, 0.2) is 90.0 Å². The van der Waals surface area contributed by atoms with E-state index in [9.17, 15) is 24.8 Å². The van der Waals surface area contributed by atoms with Gasteiger partial charge in [0.15, 0.2) is 0 Å². The molecule has 4 aromatic carbocycles. The van der Waals surface area contributed by atoms with E-state index in [0.29, 0.717) is 11.3 Å². The normalized spacial score (nSPS) is 10.8. The zero-order chi connectivity index (χ0) is 24.1. The second kappa shape index (κ2) is 9.61.